The van der Waals surface area contributed by atoms with E-state index in [4.69, 9.17) is 0 Å². The number of anilines is 1. The van der Waals surface area contributed by atoms with Gasteiger partial charge in [-0.2, -0.15) is 5.11 Å². The lowest BCUT2D eigenvalue weighted by molar-refractivity contribution is 0.0886. The smallest absolute Gasteiger partial charge is 0.273 e. The lowest BCUT2D eigenvalue weighted by atomic mass is 10.2. The SMILES string of the molecule is C/C=C\C(C)NN=NC/C=C(\C)N(C=NC)C(=O)c1cc2c(N(C)C)ccnc2s1. The first kappa shape index (κ1) is 23.2. The standard InChI is InChI=1S/C21H29N7OS/c1-7-8-15(2)25-26-24-12-9-16(3)28(14-22-4)21(29)19-13-17-18(27(5)6)10-11-23-20(17)30-19/h7-11,13-15H,12H2,1-6H3,(H,24,25)/b8-7-,16-9+,22-14?. The summed E-state index contributed by atoms with van der Waals surface area (Å²) in [5.41, 5.74) is 4.67. The number of fused-ring (bicyclic) bond motifs is 1. The highest BCUT2D eigenvalue weighted by Crippen LogP contribution is 2.31. The van der Waals surface area contributed by atoms with Gasteiger partial charge in [-0.1, -0.05) is 17.4 Å². The van der Waals surface area contributed by atoms with Gasteiger partial charge in [0, 0.05) is 44.1 Å². The zero-order chi connectivity index (χ0) is 22.1. The third kappa shape index (κ3) is 5.96. The Morgan fingerprint density at radius 1 is 1.40 bits per heavy atom. The van der Waals surface area contributed by atoms with Crippen LogP contribution >= 0.6 is 11.3 Å². The monoisotopic (exact) mass is 427 g/mol. The topological polar surface area (TPSA) is 85.5 Å². The number of carbonyl (C=O) groups is 1. The van der Waals surface area contributed by atoms with E-state index in [1.165, 1.54) is 22.6 Å². The average Bonchev–Trinajstić information content (AvgIpc) is 3.15. The van der Waals surface area contributed by atoms with Crippen molar-refractivity contribution in [1.82, 2.24) is 15.3 Å². The Labute approximate surface area is 181 Å². The van der Waals surface area contributed by atoms with Crippen molar-refractivity contribution in [3.05, 3.63) is 47.1 Å². The molecule has 1 amide bonds. The number of aromatic nitrogens is 1. The van der Waals surface area contributed by atoms with Crippen LogP contribution < -0.4 is 10.3 Å². The van der Waals surface area contributed by atoms with Crippen molar-refractivity contribution in [2.45, 2.75) is 26.8 Å². The molecule has 0 spiro atoms. The fourth-order valence-electron chi connectivity index (χ4n) is 2.74. The molecular weight excluding hydrogens is 398 g/mol. The largest absolute Gasteiger partial charge is 0.377 e. The van der Waals surface area contributed by atoms with Gasteiger partial charge in [0.05, 0.1) is 23.8 Å². The highest BCUT2D eigenvalue weighted by atomic mass is 32.1. The van der Waals surface area contributed by atoms with Crippen molar-refractivity contribution in [1.29, 1.82) is 0 Å². The van der Waals surface area contributed by atoms with E-state index in [1.807, 2.05) is 70.1 Å². The Balaban J connectivity index is 2.19. The second kappa shape index (κ2) is 11.2. The molecule has 1 N–H and O–H groups in total. The Bertz CT molecular complexity index is 975. The number of hydrogen-bond donors (Lipinski definition) is 1. The number of nitrogens with zero attached hydrogens (tertiary/aromatic N) is 6. The van der Waals surface area contributed by atoms with Crippen molar-refractivity contribution < 1.29 is 4.79 Å². The summed E-state index contributed by atoms with van der Waals surface area (Å²) in [6, 6.07) is 3.94. The van der Waals surface area contributed by atoms with Crippen molar-refractivity contribution >= 4 is 39.5 Å². The van der Waals surface area contributed by atoms with E-state index in [0.717, 1.165) is 21.6 Å². The molecule has 2 heterocycles. The van der Waals surface area contributed by atoms with Crippen LogP contribution in [0.15, 0.2) is 57.6 Å². The third-order valence-electron chi connectivity index (χ3n) is 4.22. The zero-order valence-corrected chi connectivity index (χ0v) is 19.1. The molecule has 2 aromatic rings. The fraction of sp³-hybridized carbons (Fsp3) is 0.381. The first-order valence-corrected chi connectivity index (χ1v) is 10.4. The summed E-state index contributed by atoms with van der Waals surface area (Å²) in [6.45, 7) is 6.14. The van der Waals surface area contributed by atoms with Crippen LogP contribution in [0, 0.1) is 0 Å². The number of carbonyl (C=O) groups excluding carboxylic acids is 1. The predicted molar refractivity (Wildman–Crippen MR) is 125 cm³/mol. The highest BCUT2D eigenvalue weighted by molar-refractivity contribution is 7.20. The van der Waals surface area contributed by atoms with E-state index in [0.29, 0.717) is 11.4 Å². The van der Waals surface area contributed by atoms with E-state index < -0.39 is 0 Å². The molecule has 0 aliphatic carbocycles. The summed E-state index contributed by atoms with van der Waals surface area (Å²) in [4.78, 5) is 26.6. The zero-order valence-electron chi connectivity index (χ0n) is 18.3. The van der Waals surface area contributed by atoms with Gasteiger partial charge in [0.25, 0.3) is 5.91 Å². The molecule has 2 rings (SSSR count). The van der Waals surface area contributed by atoms with E-state index in [9.17, 15) is 4.79 Å². The van der Waals surface area contributed by atoms with Gasteiger partial charge in [-0.25, -0.2) is 4.98 Å². The summed E-state index contributed by atoms with van der Waals surface area (Å²) < 4.78 is 0. The van der Waals surface area contributed by atoms with Crippen LogP contribution in [-0.2, 0) is 0 Å². The summed E-state index contributed by atoms with van der Waals surface area (Å²) >= 11 is 1.37. The van der Waals surface area contributed by atoms with E-state index in [2.05, 4.69) is 25.7 Å². The maximum absolute atomic E-state index is 13.2. The molecule has 0 radical (unpaired) electrons. The van der Waals surface area contributed by atoms with Gasteiger partial charge < -0.3 is 4.90 Å². The molecule has 0 fully saturated rings. The molecule has 8 nitrogen and oxygen atoms in total. The third-order valence-corrected chi connectivity index (χ3v) is 5.25. The van der Waals surface area contributed by atoms with Crippen LogP contribution in [0.4, 0.5) is 5.69 Å². The molecule has 0 aromatic carbocycles. The van der Waals surface area contributed by atoms with Gasteiger partial charge in [-0.3, -0.25) is 20.1 Å². The van der Waals surface area contributed by atoms with Gasteiger partial charge in [-0.05, 0) is 39.0 Å². The molecule has 9 heteroatoms. The fourth-order valence-corrected chi connectivity index (χ4v) is 3.69. The molecule has 0 aliphatic rings. The van der Waals surface area contributed by atoms with Gasteiger partial charge in [0.1, 0.15) is 4.83 Å². The number of amides is 1. The minimum absolute atomic E-state index is 0.114. The molecule has 1 atom stereocenters. The Morgan fingerprint density at radius 3 is 2.83 bits per heavy atom. The predicted octanol–water partition coefficient (Wildman–Crippen LogP) is 4.29. The van der Waals surface area contributed by atoms with E-state index >= 15 is 0 Å². The Kier molecular flexibility index (Phi) is 8.67. The second-order valence-corrected chi connectivity index (χ2v) is 7.85. The maximum atomic E-state index is 13.2. The molecule has 0 aliphatic heterocycles. The maximum Gasteiger partial charge on any atom is 0.273 e. The molecule has 160 valence electrons. The number of hydrogen-bond acceptors (Lipinski definition) is 7. The number of allylic oxidation sites excluding steroid dienone is 2. The van der Waals surface area contributed by atoms with Crippen LogP contribution in [-0.4, -0.2) is 55.9 Å². The molecule has 1 unspecified atom stereocenters. The first-order valence-electron chi connectivity index (χ1n) is 9.62. The van der Waals surface area contributed by atoms with Gasteiger partial charge >= 0.3 is 0 Å². The Hall–Kier alpha value is -3.07. The van der Waals surface area contributed by atoms with Crippen molar-refractivity contribution in [2.75, 3.05) is 32.6 Å². The van der Waals surface area contributed by atoms with Crippen LogP contribution in [0.2, 0.25) is 0 Å². The van der Waals surface area contributed by atoms with Crippen LogP contribution in [0.5, 0.6) is 0 Å². The van der Waals surface area contributed by atoms with Crippen LogP contribution in [0.25, 0.3) is 10.2 Å². The summed E-state index contributed by atoms with van der Waals surface area (Å²) in [6.07, 6.45) is 9.05. The summed E-state index contributed by atoms with van der Waals surface area (Å²) in [5.74, 6) is -0.154. The van der Waals surface area contributed by atoms with Crippen molar-refractivity contribution in [3.63, 3.8) is 0 Å². The first-order chi connectivity index (χ1) is 14.4. The minimum atomic E-state index is -0.154. The second-order valence-electron chi connectivity index (χ2n) is 6.82. The molecule has 30 heavy (non-hydrogen) atoms. The van der Waals surface area contributed by atoms with Gasteiger partial charge in [0.2, 0.25) is 0 Å². The van der Waals surface area contributed by atoms with E-state index in [-0.39, 0.29) is 11.9 Å². The highest BCUT2D eigenvalue weighted by Gasteiger charge is 2.20. The van der Waals surface area contributed by atoms with Crippen LogP contribution in [0.1, 0.15) is 30.4 Å². The number of aliphatic imine (C=N–C) groups is 1. The van der Waals surface area contributed by atoms with Crippen LogP contribution in [0.3, 0.4) is 0 Å². The van der Waals surface area contributed by atoms with Gasteiger partial charge in [0.15, 0.2) is 0 Å². The lowest BCUT2D eigenvalue weighted by Gasteiger charge is -2.17. The minimum Gasteiger partial charge on any atom is -0.377 e. The number of rotatable bonds is 9. The summed E-state index contributed by atoms with van der Waals surface area (Å²) in [7, 11) is 5.58. The normalized spacial score (nSPS) is 13.6. The quantitative estimate of drug-likeness (QED) is 0.213. The lowest BCUT2D eigenvalue weighted by Crippen LogP contribution is -2.27. The number of nitrogens with one attached hydrogen (secondary N) is 1. The van der Waals surface area contributed by atoms with E-state index in [1.54, 1.807) is 13.2 Å². The molecule has 0 saturated heterocycles. The number of thiophene rings is 1. The van der Waals surface area contributed by atoms with Crippen molar-refractivity contribution in [3.8, 4) is 0 Å². The summed E-state index contributed by atoms with van der Waals surface area (Å²) in [5, 5.41) is 9.00. The molecule has 2 aromatic heterocycles. The molecule has 0 bridgehead atoms. The number of pyridine rings is 1. The van der Waals surface area contributed by atoms with Crippen molar-refractivity contribution in [2.24, 2.45) is 15.3 Å². The van der Waals surface area contributed by atoms with Gasteiger partial charge in [-0.15, -0.1) is 11.3 Å². The Morgan fingerprint density at radius 2 is 2.17 bits per heavy atom. The average molecular weight is 428 g/mol. The molecular formula is C21H29N7OS. The molecule has 0 saturated carbocycles.